The molecule has 0 amide bonds. The van der Waals surface area contributed by atoms with Crippen LogP contribution in [0.1, 0.15) is 5.56 Å². The molecule has 0 saturated carbocycles. The predicted molar refractivity (Wildman–Crippen MR) is 75.4 cm³/mol. The summed E-state index contributed by atoms with van der Waals surface area (Å²) >= 11 is 0. The summed E-state index contributed by atoms with van der Waals surface area (Å²) in [6.07, 6.45) is 2.40. The zero-order valence-corrected chi connectivity index (χ0v) is 9.61. The molecule has 17 heavy (non-hydrogen) atoms. The van der Waals surface area contributed by atoms with Gasteiger partial charge in [-0.15, -0.1) is 0 Å². The maximum absolute atomic E-state index is 2.38. The highest BCUT2D eigenvalue weighted by molar-refractivity contribution is 6.59. The molecule has 3 aromatic carbocycles. The monoisotopic (exact) mass is 215 g/mol. The maximum atomic E-state index is 2.38. The zero-order chi connectivity index (χ0) is 11.2. The lowest BCUT2D eigenvalue weighted by Crippen LogP contribution is -2.11. The van der Waals surface area contributed by atoms with E-state index in [1.54, 1.807) is 0 Å². The molecule has 0 bridgehead atoms. The second kappa shape index (κ2) is 3.37. The molecule has 1 heteroatoms. The van der Waals surface area contributed by atoms with E-state index in [2.05, 4.69) is 55.8 Å². The molecule has 0 spiro atoms. The Morgan fingerprint density at radius 1 is 0.765 bits per heavy atom. The first-order chi connectivity index (χ1) is 8.43. The topological polar surface area (TPSA) is 0 Å². The highest BCUT2D eigenvalue weighted by atomic mass is 14.1. The van der Waals surface area contributed by atoms with Crippen molar-refractivity contribution in [2.45, 2.75) is 12.7 Å². The summed E-state index contributed by atoms with van der Waals surface area (Å²) in [5.74, 6) is 0. The van der Waals surface area contributed by atoms with Crippen LogP contribution in [0, 0.1) is 0 Å². The van der Waals surface area contributed by atoms with Crippen molar-refractivity contribution < 1.29 is 0 Å². The summed E-state index contributed by atoms with van der Waals surface area (Å²) in [7, 11) is 2.38. The van der Waals surface area contributed by atoms with Gasteiger partial charge in [0.15, 0.2) is 7.28 Å². The van der Waals surface area contributed by atoms with Gasteiger partial charge in [0, 0.05) is 0 Å². The molecule has 1 radical (unpaired) electrons. The molecule has 0 nitrogen and oxygen atoms in total. The first-order valence-corrected chi connectivity index (χ1v) is 6.20. The van der Waals surface area contributed by atoms with E-state index >= 15 is 0 Å². The highest BCUT2D eigenvalue weighted by Gasteiger charge is 2.15. The quantitative estimate of drug-likeness (QED) is 0.398. The van der Waals surface area contributed by atoms with Crippen LogP contribution in [-0.4, -0.2) is 7.28 Å². The third-order valence-corrected chi connectivity index (χ3v) is 3.82. The van der Waals surface area contributed by atoms with Gasteiger partial charge in [0.1, 0.15) is 0 Å². The Morgan fingerprint density at radius 3 is 2.65 bits per heavy atom. The minimum atomic E-state index is 1.20. The Kier molecular flexibility index (Phi) is 1.84. The van der Waals surface area contributed by atoms with Gasteiger partial charge < -0.3 is 0 Å². The lowest BCUT2D eigenvalue weighted by Gasteiger charge is -2.08. The fourth-order valence-corrected chi connectivity index (χ4v) is 2.99. The SMILES string of the molecule is [B]1CCc2ccc3c(ccc4ccccc43)c21. The van der Waals surface area contributed by atoms with Crippen LogP contribution in [0.4, 0.5) is 0 Å². The van der Waals surface area contributed by atoms with Crippen LogP contribution in [0.2, 0.25) is 6.32 Å². The van der Waals surface area contributed by atoms with Gasteiger partial charge in [-0.25, -0.2) is 0 Å². The molecule has 4 rings (SSSR count). The van der Waals surface area contributed by atoms with E-state index in [1.165, 1.54) is 45.3 Å². The molecule has 0 saturated heterocycles. The molecule has 0 aliphatic carbocycles. The minimum Gasteiger partial charge on any atom is -0.0770 e. The Bertz CT molecular complexity index is 728. The average Bonchev–Trinajstić information content (AvgIpc) is 2.86. The van der Waals surface area contributed by atoms with Gasteiger partial charge in [0.05, 0.1) is 0 Å². The van der Waals surface area contributed by atoms with Crippen LogP contribution in [0.3, 0.4) is 0 Å². The summed E-state index contributed by atoms with van der Waals surface area (Å²) in [4.78, 5) is 0. The minimum absolute atomic E-state index is 1.20. The fraction of sp³-hybridized carbons (Fsp3) is 0.125. The molecule has 1 heterocycles. The van der Waals surface area contributed by atoms with Crippen molar-refractivity contribution in [3.63, 3.8) is 0 Å². The van der Waals surface area contributed by atoms with Gasteiger partial charge in [0.2, 0.25) is 0 Å². The summed E-state index contributed by atoms with van der Waals surface area (Å²) < 4.78 is 0. The second-order valence-electron chi connectivity index (χ2n) is 4.76. The zero-order valence-electron chi connectivity index (χ0n) is 9.61. The number of rotatable bonds is 0. The predicted octanol–water partition coefficient (Wildman–Crippen LogP) is 3.30. The third kappa shape index (κ3) is 1.26. The maximum Gasteiger partial charge on any atom is 0.153 e. The van der Waals surface area contributed by atoms with E-state index in [-0.39, 0.29) is 0 Å². The second-order valence-corrected chi connectivity index (χ2v) is 4.76. The summed E-state index contributed by atoms with van der Waals surface area (Å²) in [5.41, 5.74) is 2.97. The first-order valence-electron chi connectivity index (χ1n) is 6.20. The summed E-state index contributed by atoms with van der Waals surface area (Å²) in [6.45, 7) is 0. The van der Waals surface area contributed by atoms with Crippen LogP contribution in [0.5, 0.6) is 0 Å². The Labute approximate surface area is 102 Å². The average molecular weight is 215 g/mol. The molecule has 79 valence electrons. The highest BCUT2D eigenvalue weighted by Crippen LogP contribution is 2.26. The van der Waals surface area contributed by atoms with E-state index in [9.17, 15) is 0 Å². The molecule has 0 N–H and O–H groups in total. The number of fused-ring (bicyclic) bond motifs is 5. The Balaban J connectivity index is 2.22. The van der Waals surface area contributed by atoms with E-state index in [0.29, 0.717) is 0 Å². The van der Waals surface area contributed by atoms with Crippen molar-refractivity contribution >= 4 is 34.3 Å². The number of hydrogen-bond donors (Lipinski definition) is 0. The number of hydrogen-bond acceptors (Lipinski definition) is 0. The summed E-state index contributed by atoms with van der Waals surface area (Å²) in [5, 5.41) is 5.50. The van der Waals surface area contributed by atoms with Gasteiger partial charge >= 0.3 is 0 Å². The van der Waals surface area contributed by atoms with Gasteiger partial charge in [-0.3, -0.25) is 0 Å². The third-order valence-electron chi connectivity index (χ3n) is 3.82. The van der Waals surface area contributed by atoms with Crippen molar-refractivity contribution in [2.24, 2.45) is 0 Å². The molecular formula is C16H12B. The van der Waals surface area contributed by atoms with Crippen LogP contribution in [0.25, 0.3) is 21.5 Å². The van der Waals surface area contributed by atoms with E-state index < -0.39 is 0 Å². The van der Waals surface area contributed by atoms with Crippen molar-refractivity contribution in [2.75, 3.05) is 0 Å². The van der Waals surface area contributed by atoms with Crippen molar-refractivity contribution in [1.29, 1.82) is 0 Å². The normalized spacial score (nSPS) is 13.9. The van der Waals surface area contributed by atoms with Crippen molar-refractivity contribution in [3.8, 4) is 0 Å². The van der Waals surface area contributed by atoms with Crippen molar-refractivity contribution in [3.05, 3.63) is 54.1 Å². The van der Waals surface area contributed by atoms with Crippen LogP contribution in [-0.2, 0) is 6.42 Å². The van der Waals surface area contributed by atoms with Crippen molar-refractivity contribution in [1.82, 2.24) is 0 Å². The number of aryl methyl sites for hydroxylation is 1. The largest absolute Gasteiger partial charge is 0.153 e. The Hall–Kier alpha value is -1.76. The first kappa shape index (κ1) is 9.29. The van der Waals surface area contributed by atoms with Crippen LogP contribution in [0.15, 0.2) is 48.5 Å². The van der Waals surface area contributed by atoms with Crippen LogP contribution < -0.4 is 5.46 Å². The molecule has 1 aliphatic heterocycles. The van der Waals surface area contributed by atoms with Gasteiger partial charge in [-0.1, -0.05) is 65.9 Å². The number of benzene rings is 3. The standard InChI is InChI=1S/C16H12B/c1-2-4-13-11(3-1)5-8-15-14(13)7-6-12-9-10-17-16(12)15/h1-8H,9-10H2. The molecule has 3 aromatic rings. The van der Waals surface area contributed by atoms with Gasteiger partial charge in [-0.05, 0) is 28.0 Å². The van der Waals surface area contributed by atoms with Crippen LogP contribution >= 0.6 is 0 Å². The van der Waals surface area contributed by atoms with Gasteiger partial charge in [-0.2, -0.15) is 0 Å². The van der Waals surface area contributed by atoms with Gasteiger partial charge in [0.25, 0.3) is 0 Å². The lowest BCUT2D eigenvalue weighted by atomic mass is 9.70. The lowest BCUT2D eigenvalue weighted by molar-refractivity contribution is 1.18. The molecule has 1 aliphatic rings. The Morgan fingerprint density at radius 2 is 1.65 bits per heavy atom. The van der Waals surface area contributed by atoms with E-state index in [1.807, 2.05) is 0 Å². The molecule has 0 unspecified atom stereocenters. The molecule has 0 aromatic heterocycles. The van der Waals surface area contributed by atoms with E-state index in [0.717, 1.165) is 0 Å². The fourth-order valence-electron chi connectivity index (χ4n) is 2.99. The summed E-state index contributed by atoms with van der Waals surface area (Å²) in [6, 6.07) is 17.7. The molecule has 0 fully saturated rings. The smallest absolute Gasteiger partial charge is 0.0770 e. The van der Waals surface area contributed by atoms with E-state index in [4.69, 9.17) is 0 Å². The molecule has 0 atom stereocenters. The molecular weight excluding hydrogens is 203 g/mol.